The fraction of sp³-hybridized carbons (Fsp3) is 0.364. The van der Waals surface area contributed by atoms with E-state index in [1.165, 1.54) is 0 Å². The predicted molar refractivity (Wildman–Crippen MR) is 65.8 cm³/mol. The molecule has 82 valence electrons. The number of benzene rings is 1. The maximum atomic E-state index is 11.7. The zero-order chi connectivity index (χ0) is 11.3. The Morgan fingerprint density at radius 1 is 1.53 bits per heavy atom. The minimum atomic E-state index is -0.0809. The Kier molecular flexibility index (Phi) is 4.62. The lowest BCUT2D eigenvalue weighted by Gasteiger charge is -2.07. The number of nitrogen functional groups attached to an aromatic ring is 1. The molecule has 0 radical (unpaired) electrons. The van der Waals surface area contributed by atoms with Crippen molar-refractivity contribution in [3.05, 3.63) is 28.2 Å². The van der Waals surface area contributed by atoms with E-state index in [0.29, 0.717) is 22.3 Å². The van der Waals surface area contributed by atoms with Gasteiger partial charge in [0.15, 0.2) is 0 Å². The number of carbonyl (C=O) groups excluding carboxylic acids is 1. The van der Waals surface area contributed by atoms with Gasteiger partial charge in [-0.1, -0.05) is 19.4 Å². The number of halogens is 1. The molecule has 1 aromatic carbocycles. The molecule has 0 fully saturated rings. The van der Waals surface area contributed by atoms with Crippen LogP contribution in [0.2, 0.25) is 0 Å². The molecule has 0 heterocycles. The van der Waals surface area contributed by atoms with Crippen molar-refractivity contribution in [2.24, 2.45) is 0 Å². The van der Waals surface area contributed by atoms with Crippen molar-refractivity contribution < 1.29 is 4.79 Å². The van der Waals surface area contributed by atoms with E-state index in [0.717, 1.165) is 12.8 Å². The second kappa shape index (κ2) is 5.75. The molecule has 0 spiro atoms. The second-order valence-electron chi connectivity index (χ2n) is 3.32. The fourth-order valence-corrected chi connectivity index (χ4v) is 1.64. The van der Waals surface area contributed by atoms with Gasteiger partial charge in [-0.25, -0.2) is 0 Å². The highest BCUT2D eigenvalue weighted by Crippen LogP contribution is 2.23. The number of nitrogens with two attached hydrogens (primary N) is 1. The van der Waals surface area contributed by atoms with Crippen LogP contribution in [0, 0.1) is 0 Å². The zero-order valence-electron chi connectivity index (χ0n) is 8.72. The highest BCUT2D eigenvalue weighted by atomic mass is 79.9. The minimum absolute atomic E-state index is 0.0809. The maximum Gasteiger partial charge on any atom is 0.252 e. The molecule has 3 nitrogen and oxygen atoms in total. The smallest absolute Gasteiger partial charge is 0.252 e. The van der Waals surface area contributed by atoms with Crippen LogP contribution in [-0.2, 0) is 0 Å². The summed E-state index contributed by atoms with van der Waals surface area (Å²) in [5.74, 6) is -0.0809. The van der Waals surface area contributed by atoms with Crippen molar-refractivity contribution in [1.29, 1.82) is 0 Å². The zero-order valence-corrected chi connectivity index (χ0v) is 10.3. The number of carbonyl (C=O) groups is 1. The predicted octanol–water partition coefficient (Wildman–Crippen LogP) is 2.56. The molecule has 0 aliphatic carbocycles. The van der Waals surface area contributed by atoms with E-state index in [4.69, 9.17) is 5.73 Å². The maximum absolute atomic E-state index is 11.7. The molecule has 4 heteroatoms. The molecule has 1 aromatic rings. The summed E-state index contributed by atoms with van der Waals surface area (Å²) >= 11 is 3.30. The summed E-state index contributed by atoms with van der Waals surface area (Å²) in [6.45, 7) is 2.79. The Morgan fingerprint density at radius 2 is 2.27 bits per heavy atom. The number of hydrogen-bond donors (Lipinski definition) is 2. The van der Waals surface area contributed by atoms with Gasteiger partial charge in [-0.2, -0.15) is 0 Å². The van der Waals surface area contributed by atoms with Gasteiger partial charge < -0.3 is 11.1 Å². The number of rotatable bonds is 4. The van der Waals surface area contributed by atoms with Gasteiger partial charge in [0.2, 0.25) is 0 Å². The standard InChI is InChI=1S/C11H15BrN2O/c1-2-3-7-14-11(15)8-5-4-6-9(13)10(8)12/h4-6H,2-3,7,13H2,1H3,(H,14,15). The number of hydrogen-bond acceptors (Lipinski definition) is 2. The van der Waals surface area contributed by atoms with Crippen molar-refractivity contribution >= 4 is 27.5 Å². The van der Waals surface area contributed by atoms with Crippen LogP contribution in [0.3, 0.4) is 0 Å². The molecular weight excluding hydrogens is 256 g/mol. The van der Waals surface area contributed by atoms with Gasteiger partial charge in [-0.15, -0.1) is 0 Å². The largest absolute Gasteiger partial charge is 0.398 e. The summed E-state index contributed by atoms with van der Waals surface area (Å²) in [6, 6.07) is 5.28. The van der Waals surface area contributed by atoms with E-state index < -0.39 is 0 Å². The van der Waals surface area contributed by atoms with E-state index in [9.17, 15) is 4.79 Å². The number of unbranched alkanes of at least 4 members (excludes halogenated alkanes) is 1. The molecule has 0 atom stereocenters. The van der Waals surface area contributed by atoms with Crippen LogP contribution in [0.25, 0.3) is 0 Å². The summed E-state index contributed by atoms with van der Waals surface area (Å²) in [7, 11) is 0. The molecule has 0 bridgehead atoms. The Morgan fingerprint density at radius 3 is 2.93 bits per heavy atom. The summed E-state index contributed by atoms with van der Waals surface area (Å²) in [4.78, 5) is 11.7. The number of anilines is 1. The summed E-state index contributed by atoms with van der Waals surface area (Å²) < 4.78 is 0.666. The molecule has 0 aliphatic rings. The van der Waals surface area contributed by atoms with Gasteiger partial charge >= 0.3 is 0 Å². The Hall–Kier alpha value is -1.03. The summed E-state index contributed by atoms with van der Waals surface area (Å²) in [5.41, 5.74) is 6.86. The van der Waals surface area contributed by atoms with Gasteiger partial charge in [0.05, 0.1) is 10.0 Å². The highest BCUT2D eigenvalue weighted by molar-refractivity contribution is 9.10. The van der Waals surface area contributed by atoms with Gasteiger partial charge in [0.1, 0.15) is 0 Å². The fourth-order valence-electron chi connectivity index (χ4n) is 1.20. The lowest BCUT2D eigenvalue weighted by molar-refractivity contribution is 0.0952. The van der Waals surface area contributed by atoms with E-state index >= 15 is 0 Å². The van der Waals surface area contributed by atoms with Crippen molar-refractivity contribution in [2.45, 2.75) is 19.8 Å². The van der Waals surface area contributed by atoms with Crippen LogP contribution in [-0.4, -0.2) is 12.5 Å². The van der Waals surface area contributed by atoms with Gasteiger partial charge in [0, 0.05) is 12.2 Å². The molecule has 1 amide bonds. The quantitative estimate of drug-likeness (QED) is 0.653. The minimum Gasteiger partial charge on any atom is -0.398 e. The topological polar surface area (TPSA) is 55.1 Å². The Bertz CT molecular complexity index is 352. The molecule has 3 N–H and O–H groups in total. The second-order valence-corrected chi connectivity index (χ2v) is 4.11. The molecular formula is C11H15BrN2O. The van der Waals surface area contributed by atoms with E-state index in [1.54, 1.807) is 18.2 Å². The molecule has 15 heavy (non-hydrogen) atoms. The van der Waals surface area contributed by atoms with Crippen molar-refractivity contribution in [3.63, 3.8) is 0 Å². The van der Waals surface area contributed by atoms with Crippen LogP contribution < -0.4 is 11.1 Å². The average molecular weight is 271 g/mol. The number of nitrogens with one attached hydrogen (secondary N) is 1. The first kappa shape index (κ1) is 12.0. The van der Waals surface area contributed by atoms with E-state index in [1.807, 2.05) is 0 Å². The SMILES string of the molecule is CCCCNC(=O)c1cccc(N)c1Br. The average Bonchev–Trinajstić information content (AvgIpc) is 2.22. The normalized spacial score (nSPS) is 10.0. The van der Waals surface area contributed by atoms with Crippen LogP contribution in [0.1, 0.15) is 30.1 Å². The lowest BCUT2D eigenvalue weighted by atomic mass is 10.2. The summed E-state index contributed by atoms with van der Waals surface area (Å²) in [5, 5.41) is 2.84. The van der Waals surface area contributed by atoms with Crippen LogP contribution in [0.4, 0.5) is 5.69 Å². The highest BCUT2D eigenvalue weighted by Gasteiger charge is 2.10. The first-order valence-electron chi connectivity index (χ1n) is 4.99. The molecule has 0 saturated heterocycles. The molecule has 0 unspecified atom stereocenters. The third kappa shape index (κ3) is 3.23. The first-order chi connectivity index (χ1) is 7.16. The van der Waals surface area contributed by atoms with Gasteiger partial charge in [-0.3, -0.25) is 4.79 Å². The lowest BCUT2D eigenvalue weighted by Crippen LogP contribution is -2.24. The van der Waals surface area contributed by atoms with Crippen LogP contribution in [0.15, 0.2) is 22.7 Å². The molecule has 0 aromatic heterocycles. The number of amides is 1. The first-order valence-corrected chi connectivity index (χ1v) is 5.78. The van der Waals surface area contributed by atoms with Gasteiger partial charge in [0.25, 0.3) is 5.91 Å². The molecule has 1 rings (SSSR count). The van der Waals surface area contributed by atoms with E-state index in [2.05, 4.69) is 28.2 Å². The van der Waals surface area contributed by atoms with Crippen LogP contribution >= 0.6 is 15.9 Å². The monoisotopic (exact) mass is 270 g/mol. The third-order valence-corrected chi connectivity index (χ3v) is 2.97. The van der Waals surface area contributed by atoms with Crippen molar-refractivity contribution in [2.75, 3.05) is 12.3 Å². The van der Waals surface area contributed by atoms with Gasteiger partial charge in [-0.05, 0) is 34.5 Å². The van der Waals surface area contributed by atoms with Crippen LogP contribution in [0.5, 0.6) is 0 Å². The van der Waals surface area contributed by atoms with Crippen molar-refractivity contribution in [1.82, 2.24) is 5.32 Å². The van der Waals surface area contributed by atoms with Crippen molar-refractivity contribution in [3.8, 4) is 0 Å². The van der Waals surface area contributed by atoms with E-state index in [-0.39, 0.29) is 5.91 Å². The third-order valence-electron chi connectivity index (χ3n) is 2.09. The Labute approximate surface area is 98.2 Å². The molecule has 0 aliphatic heterocycles. The molecule has 0 saturated carbocycles. The Balaban J connectivity index is 2.69. The summed E-state index contributed by atoms with van der Waals surface area (Å²) in [6.07, 6.45) is 2.06.